The van der Waals surface area contributed by atoms with E-state index in [4.69, 9.17) is 4.98 Å². The number of carbonyl (C=O) groups is 2. The molecule has 2 aliphatic heterocycles. The predicted octanol–water partition coefficient (Wildman–Crippen LogP) is 1.80. The minimum absolute atomic E-state index is 0.0631. The van der Waals surface area contributed by atoms with Gasteiger partial charge < -0.3 is 20.5 Å². The van der Waals surface area contributed by atoms with Gasteiger partial charge in [0.15, 0.2) is 0 Å². The summed E-state index contributed by atoms with van der Waals surface area (Å²) >= 11 is 0. The second kappa shape index (κ2) is 7.35. The fraction of sp³-hybridized carbons (Fsp3) is 0.429. The molecule has 2 aromatic heterocycles. The number of hydrogen-bond acceptors (Lipinski definition) is 5. The van der Waals surface area contributed by atoms with Gasteiger partial charge in [-0.25, -0.2) is 4.98 Å². The molecule has 0 spiro atoms. The van der Waals surface area contributed by atoms with E-state index in [1.807, 2.05) is 24.8 Å². The van der Waals surface area contributed by atoms with Crippen LogP contribution in [0.4, 0.5) is 5.82 Å². The van der Waals surface area contributed by atoms with Gasteiger partial charge in [0.2, 0.25) is 5.91 Å². The van der Waals surface area contributed by atoms with Crippen molar-refractivity contribution in [2.24, 2.45) is 0 Å². The number of aryl methyl sites for hydroxylation is 2. The van der Waals surface area contributed by atoms with Crippen LogP contribution in [0.15, 0.2) is 12.6 Å². The lowest BCUT2D eigenvalue weighted by molar-refractivity contribution is -0.127. The van der Waals surface area contributed by atoms with Crippen LogP contribution in [-0.2, 0) is 11.2 Å². The summed E-state index contributed by atoms with van der Waals surface area (Å²) in [7, 11) is 0. The average Bonchev–Trinajstić information content (AvgIpc) is 3.31. The molecule has 0 radical (unpaired) electrons. The van der Waals surface area contributed by atoms with Crippen LogP contribution in [0.5, 0.6) is 0 Å². The molecular weight excluding hydrogens is 368 g/mol. The molecule has 1 saturated heterocycles. The topological polar surface area (TPSA) is 103 Å². The Kier molecular flexibility index (Phi) is 4.86. The van der Waals surface area contributed by atoms with Crippen molar-refractivity contribution in [1.29, 1.82) is 0 Å². The van der Waals surface area contributed by atoms with Crippen molar-refractivity contribution in [3.05, 3.63) is 46.7 Å². The molecule has 152 valence electrons. The molecule has 1 fully saturated rings. The fourth-order valence-electron chi connectivity index (χ4n) is 3.99. The Morgan fingerprint density at radius 3 is 2.79 bits per heavy atom. The molecule has 2 amide bonds. The highest BCUT2D eigenvalue weighted by atomic mass is 16.2. The number of nitrogens with zero attached hydrogens (tertiary/aromatic N) is 3. The molecule has 0 unspecified atom stereocenters. The monoisotopic (exact) mass is 394 g/mol. The molecule has 8 heteroatoms. The summed E-state index contributed by atoms with van der Waals surface area (Å²) in [4.78, 5) is 38.3. The summed E-state index contributed by atoms with van der Waals surface area (Å²) in [6, 6.07) is 1.99. The number of rotatable bonds is 4. The minimum atomic E-state index is -0.0631. The Bertz CT molecular complexity index is 1010. The summed E-state index contributed by atoms with van der Waals surface area (Å²) in [5.41, 5.74) is 5.37. The van der Waals surface area contributed by atoms with Gasteiger partial charge in [-0.05, 0) is 26.3 Å². The first-order chi connectivity index (χ1) is 13.8. The van der Waals surface area contributed by atoms with E-state index in [1.54, 1.807) is 6.92 Å². The van der Waals surface area contributed by atoms with Crippen molar-refractivity contribution in [2.75, 3.05) is 25.0 Å². The second-order valence-corrected chi connectivity index (χ2v) is 7.75. The molecule has 0 bridgehead atoms. The number of fused-ring (bicyclic) bond motifs is 1. The Morgan fingerprint density at radius 1 is 1.31 bits per heavy atom. The lowest BCUT2D eigenvalue weighted by atomic mass is 10.1. The van der Waals surface area contributed by atoms with Crippen molar-refractivity contribution in [3.8, 4) is 0 Å². The lowest BCUT2D eigenvalue weighted by Crippen LogP contribution is -2.31. The van der Waals surface area contributed by atoms with Crippen LogP contribution >= 0.6 is 0 Å². The predicted molar refractivity (Wildman–Crippen MR) is 111 cm³/mol. The zero-order valence-corrected chi connectivity index (χ0v) is 17.1. The Balaban J connectivity index is 1.59. The molecule has 0 aromatic carbocycles. The SMILES string of the molecule is C=C(c1cc2c([nH]1)CCNC2=O)c1nc(N[C@@H]2CCN(C(C)=O)C2)c(C)nc1C. The van der Waals surface area contributed by atoms with Gasteiger partial charge in [0, 0.05) is 56.0 Å². The Hall–Kier alpha value is -3.16. The highest BCUT2D eigenvalue weighted by Crippen LogP contribution is 2.27. The van der Waals surface area contributed by atoms with E-state index in [0.717, 1.165) is 42.2 Å². The maximum absolute atomic E-state index is 12.1. The van der Waals surface area contributed by atoms with Gasteiger partial charge >= 0.3 is 0 Å². The first-order valence-electron chi connectivity index (χ1n) is 9.90. The summed E-state index contributed by atoms with van der Waals surface area (Å²) in [5, 5.41) is 6.30. The third-order valence-electron chi connectivity index (χ3n) is 5.63. The van der Waals surface area contributed by atoms with E-state index in [9.17, 15) is 9.59 Å². The van der Waals surface area contributed by atoms with Crippen molar-refractivity contribution >= 4 is 23.2 Å². The number of carbonyl (C=O) groups excluding carboxylic acids is 2. The normalized spacial score (nSPS) is 18.4. The van der Waals surface area contributed by atoms with Crippen LogP contribution in [0, 0.1) is 13.8 Å². The molecule has 2 aromatic rings. The lowest BCUT2D eigenvalue weighted by Gasteiger charge is -2.18. The maximum Gasteiger partial charge on any atom is 0.253 e. The van der Waals surface area contributed by atoms with Crippen LogP contribution in [0.3, 0.4) is 0 Å². The molecule has 8 nitrogen and oxygen atoms in total. The quantitative estimate of drug-likeness (QED) is 0.734. The largest absolute Gasteiger partial charge is 0.364 e. The van der Waals surface area contributed by atoms with Crippen molar-refractivity contribution in [2.45, 2.75) is 39.7 Å². The average molecular weight is 394 g/mol. The van der Waals surface area contributed by atoms with E-state index in [1.165, 1.54) is 0 Å². The van der Waals surface area contributed by atoms with Crippen LogP contribution in [0.1, 0.15) is 52.2 Å². The summed E-state index contributed by atoms with van der Waals surface area (Å²) in [5.74, 6) is 0.734. The summed E-state index contributed by atoms with van der Waals surface area (Å²) < 4.78 is 0. The standard InChI is InChI=1S/C21H26N6O2/c1-11(18-9-16-17(25-18)5-7-22-21(16)29)19-12(2)23-13(3)20(26-19)24-15-6-8-27(10-15)14(4)28/h9,15,25H,1,5-8,10H2,2-4H3,(H,22,29)(H,24,26)/t15-/m1/s1. The number of nitrogens with one attached hydrogen (secondary N) is 3. The molecule has 4 rings (SSSR count). The van der Waals surface area contributed by atoms with Gasteiger partial charge in [-0.2, -0.15) is 0 Å². The smallest absolute Gasteiger partial charge is 0.253 e. The van der Waals surface area contributed by atoms with Crippen molar-refractivity contribution in [3.63, 3.8) is 0 Å². The Labute approximate surface area is 169 Å². The molecule has 4 heterocycles. The van der Waals surface area contributed by atoms with Crippen LogP contribution in [-0.4, -0.2) is 57.3 Å². The van der Waals surface area contributed by atoms with E-state index >= 15 is 0 Å². The first kappa shape index (κ1) is 19.2. The molecule has 3 N–H and O–H groups in total. The van der Waals surface area contributed by atoms with Gasteiger partial charge in [-0.1, -0.05) is 6.58 Å². The second-order valence-electron chi connectivity index (χ2n) is 7.75. The van der Waals surface area contributed by atoms with Gasteiger partial charge in [-0.3, -0.25) is 14.6 Å². The minimum Gasteiger partial charge on any atom is -0.364 e. The van der Waals surface area contributed by atoms with E-state index in [-0.39, 0.29) is 17.9 Å². The highest BCUT2D eigenvalue weighted by molar-refractivity contribution is 5.97. The number of hydrogen-bond donors (Lipinski definition) is 3. The van der Waals surface area contributed by atoms with E-state index < -0.39 is 0 Å². The van der Waals surface area contributed by atoms with E-state index in [2.05, 4.69) is 27.2 Å². The third-order valence-corrected chi connectivity index (χ3v) is 5.63. The number of likely N-dealkylation sites (tertiary alicyclic amines) is 1. The highest BCUT2D eigenvalue weighted by Gasteiger charge is 2.26. The van der Waals surface area contributed by atoms with Gasteiger partial charge in [0.25, 0.3) is 5.91 Å². The van der Waals surface area contributed by atoms with Crippen molar-refractivity contribution in [1.82, 2.24) is 25.2 Å². The number of anilines is 1. The van der Waals surface area contributed by atoms with E-state index in [0.29, 0.717) is 35.7 Å². The van der Waals surface area contributed by atoms with Gasteiger partial charge in [0.05, 0.1) is 22.6 Å². The fourth-order valence-corrected chi connectivity index (χ4v) is 3.99. The van der Waals surface area contributed by atoms with Crippen LogP contribution in [0.25, 0.3) is 5.57 Å². The molecular formula is C21H26N6O2. The summed E-state index contributed by atoms with van der Waals surface area (Å²) in [6.07, 6.45) is 1.65. The summed E-state index contributed by atoms with van der Waals surface area (Å²) in [6.45, 7) is 11.7. The van der Waals surface area contributed by atoms with Crippen LogP contribution < -0.4 is 10.6 Å². The molecule has 1 atom stereocenters. The van der Waals surface area contributed by atoms with Gasteiger partial charge in [0.1, 0.15) is 5.82 Å². The van der Waals surface area contributed by atoms with Gasteiger partial charge in [-0.15, -0.1) is 0 Å². The van der Waals surface area contributed by atoms with Crippen molar-refractivity contribution < 1.29 is 9.59 Å². The Morgan fingerprint density at radius 2 is 2.10 bits per heavy atom. The number of aromatic amines is 1. The number of H-pyrrole nitrogens is 1. The maximum atomic E-state index is 12.1. The zero-order chi connectivity index (χ0) is 20.7. The molecule has 0 aliphatic carbocycles. The number of amides is 2. The molecule has 29 heavy (non-hydrogen) atoms. The third kappa shape index (κ3) is 3.62. The number of aromatic nitrogens is 3. The zero-order valence-electron chi connectivity index (χ0n) is 17.1. The van der Waals surface area contributed by atoms with Crippen LogP contribution in [0.2, 0.25) is 0 Å². The molecule has 0 saturated carbocycles. The molecule has 2 aliphatic rings. The first-order valence-corrected chi connectivity index (χ1v) is 9.90.